The predicted octanol–water partition coefficient (Wildman–Crippen LogP) is 2.98. The van der Waals surface area contributed by atoms with Gasteiger partial charge in [0, 0.05) is 51.6 Å². The van der Waals surface area contributed by atoms with Gasteiger partial charge in [-0.25, -0.2) is 9.97 Å². The third kappa shape index (κ3) is 3.56. The maximum Gasteiger partial charge on any atom is 0.137 e. The number of halogens is 1. The molecule has 0 amide bonds. The van der Waals surface area contributed by atoms with Gasteiger partial charge < -0.3 is 19.0 Å². The molecule has 0 aromatic carbocycles. The molecule has 1 fully saturated rings. The second kappa shape index (κ2) is 7.15. The molecule has 7 heteroatoms. The van der Waals surface area contributed by atoms with Gasteiger partial charge in [-0.05, 0) is 30.9 Å². The van der Waals surface area contributed by atoms with Crippen LogP contribution in [0.3, 0.4) is 0 Å². The fourth-order valence-electron chi connectivity index (χ4n) is 3.51. The zero-order valence-corrected chi connectivity index (χ0v) is 15.0. The number of rotatable bonds is 5. The van der Waals surface area contributed by atoms with E-state index in [1.165, 1.54) is 0 Å². The summed E-state index contributed by atoms with van der Waals surface area (Å²) in [7, 11) is 2.04. The van der Waals surface area contributed by atoms with Crippen LogP contribution in [0.5, 0.6) is 0 Å². The second-order valence-corrected chi connectivity index (χ2v) is 6.99. The number of imidazole rings is 2. The molecular weight excluding hydrogens is 338 g/mol. The molecule has 4 heterocycles. The van der Waals surface area contributed by atoms with Crippen LogP contribution in [0.2, 0.25) is 5.02 Å². The van der Waals surface area contributed by atoms with E-state index >= 15 is 0 Å². The third-order valence-electron chi connectivity index (χ3n) is 4.84. The Labute approximate surface area is 151 Å². The van der Waals surface area contributed by atoms with Crippen molar-refractivity contribution in [2.75, 3.05) is 13.2 Å². The van der Waals surface area contributed by atoms with Crippen molar-refractivity contribution in [1.29, 1.82) is 0 Å². The first-order valence-corrected chi connectivity index (χ1v) is 9.00. The SMILES string of the molecule is Cn1ccnc1[C@@H](NCc1cn2cc(Cl)ccc2n1)C1CCOCC1. The highest BCUT2D eigenvalue weighted by atomic mass is 35.5. The van der Waals surface area contributed by atoms with E-state index in [1.54, 1.807) is 0 Å². The van der Waals surface area contributed by atoms with E-state index in [-0.39, 0.29) is 6.04 Å². The van der Waals surface area contributed by atoms with E-state index in [0.29, 0.717) is 17.5 Å². The van der Waals surface area contributed by atoms with Gasteiger partial charge >= 0.3 is 0 Å². The summed E-state index contributed by atoms with van der Waals surface area (Å²) in [4.78, 5) is 9.24. The summed E-state index contributed by atoms with van der Waals surface area (Å²) in [6, 6.07) is 3.98. The van der Waals surface area contributed by atoms with Gasteiger partial charge in [0.05, 0.1) is 16.8 Å². The van der Waals surface area contributed by atoms with Gasteiger partial charge in [-0.3, -0.25) is 0 Å². The van der Waals surface area contributed by atoms with Crippen molar-refractivity contribution in [2.24, 2.45) is 13.0 Å². The van der Waals surface area contributed by atoms with Crippen LogP contribution in [0.1, 0.15) is 30.4 Å². The molecule has 1 aliphatic heterocycles. The molecule has 0 radical (unpaired) electrons. The van der Waals surface area contributed by atoms with Gasteiger partial charge in [0.1, 0.15) is 11.5 Å². The summed E-state index contributed by atoms with van der Waals surface area (Å²) in [6.45, 7) is 2.33. The van der Waals surface area contributed by atoms with E-state index in [0.717, 1.165) is 43.2 Å². The van der Waals surface area contributed by atoms with Crippen LogP contribution in [0.4, 0.5) is 0 Å². The Hall–Kier alpha value is -1.89. The molecule has 3 aromatic rings. The Morgan fingerprint density at radius 1 is 1.32 bits per heavy atom. The van der Waals surface area contributed by atoms with Crippen molar-refractivity contribution >= 4 is 17.2 Å². The quantitative estimate of drug-likeness (QED) is 0.761. The lowest BCUT2D eigenvalue weighted by atomic mass is 9.91. The maximum absolute atomic E-state index is 6.05. The van der Waals surface area contributed by atoms with Crippen molar-refractivity contribution in [1.82, 2.24) is 24.3 Å². The lowest BCUT2D eigenvalue weighted by molar-refractivity contribution is 0.0517. The molecule has 1 N–H and O–H groups in total. The summed E-state index contributed by atoms with van der Waals surface area (Å²) in [5, 5.41) is 4.38. The lowest BCUT2D eigenvalue weighted by Crippen LogP contribution is -2.33. The summed E-state index contributed by atoms with van der Waals surface area (Å²) < 4.78 is 9.58. The fraction of sp³-hybridized carbons (Fsp3) is 0.444. The normalized spacial score (nSPS) is 17.2. The van der Waals surface area contributed by atoms with Crippen LogP contribution in [-0.4, -0.2) is 32.1 Å². The number of nitrogens with one attached hydrogen (secondary N) is 1. The van der Waals surface area contributed by atoms with Gasteiger partial charge in [0.25, 0.3) is 0 Å². The average Bonchev–Trinajstić information content (AvgIpc) is 3.22. The zero-order chi connectivity index (χ0) is 17.2. The van der Waals surface area contributed by atoms with Gasteiger partial charge in [-0.15, -0.1) is 0 Å². The number of hydrogen-bond acceptors (Lipinski definition) is 4. The van der Waals surface area contributed by atoms with Crippen LogP contribution >= 0.6 is 11.6 Å². The van der Waals surface area contributed by atoms with Crippen molar-refractivity contribution in [3.8, 4) is 0 Å². The minimum Gasteiger partial charge on any atom is -0.381 e. The number of hydrogen-bond donors (Lipinski definition) is 1. The molecule has 6 nitrogen and oxygen atoms in total. The van der Waals surface area contributed by atoms with E-state index in [2.05, 4.69) is 19.9 Å². The number of pyridine rings is 1. The molecule has 0 aliphatic carbocycles. The van der Waals surface area contributed by atoms with E-state index < -0.39 is 0 Å². The van der Waals surface area contributed by atoms with Crippen LogP contribution in [0, 0.1) is 5.92 Å². The number of ether oxygens (including phenoxy) is 1. The van der Waals surface area contributed by atoms with Gasteiger partial charge in [-0.1, -0.05) is 11.6 Å². The number of nitrogens with zero attached hydrogens (tertiary/aromatic N) is 4. The number of fused-ring (bicyclic) bond motifs is 1. The van der Waals surface area contributed by atoms with Crippen molar-refractivity contribution in [3.05, 3.63) is 53.5 Å². The standard InChI is InChI=1S/C18H22ClN5O/c1-23-7-6-20-18(23)17(13-4-8-25-9-5-13)21-10-15-12-24-11-14(19)2-3-16(24)22-15/h2-3,6-7,11-13,17,21H,4-5,8-10H2,1H3/t17-/m0/s1. The molecule has 0 spiro atoms. The molecule has 132 valence electrons. The van der Waals surface area contributed by atoms with E-state index in [4.69, 9.17) is 16.3 Å². The number of aromatic nitrogens is 4. The molecule has 4 rings (SSSR count). The molecule has 1 saturated heterocycles. The first-order valence-electron chi connectivity index (χ1n) is 8.62. The second-order valence-electron chi connectivity index (χ2n) is 6.55. The number of aryl methyl sites for hydroxylation is 1. The fourth-order valence-corrected chi connectivity index (χ4v) is 3.68. The van der Waals surface area contributed by atoms with Gasteiger partial charge in [0.2, 0.25) is 0 Å². The zero-order valence-electron chi connectivity index (χ0n) is 14.2. The van der Waals surface area contributed by atoms with Crippen molar-refractivity contribution in [2.45, 2.75) is 25.4 Å². The Morgan fingerprint density at radius 3 is 2.92 bits per heavy atom. The smallest absolute Gasteiger partial charge is 0.137 e. The summed E-state index contributed by atoms with van der Waals surface area (Å²) in [5.41, 5.74) is 1.90. The maximum atomic E-state index is 6.05. The molecule has 1 aliphatic rings. The molecule has 0 bridgehead atoms. The van der Waals surface area contributed by atoms with Gasteiger partial charge in [-0.2, -0.15) is 0 Å². The minimum absolute atomic E-state index is 0.192. The highest BCUT2D eigenvalue weighted by Gasteiger charge is 2.28. The third-order valence-corrected chi connectivity index (χ3v) is 5.07. The molecule has 0 saturated carbocycles. The van der Waals surface area contributed by atoms with E-state index in [1.807, 2.05) is 48.4 Å². The summed E-state index contributed by atoms with van der Waals surface area (Å²) in [6.07, 6.45) is 9.85. The van der Waals surface area contributed by atoms with Gasteiger partial charge in [0.15, 0.2) is 0 Å². The summed E-state index contributed by atoms with van der Waals surface area (Å²) >= 11 is 6.05. The molecule has 25 heavy (non-hydrogen) atoms. The monoisotopic (exact) mass is 359 g/mol. The molecular formula is C18H22ClN5O. The first kappa shape index (κ1) is 16.6. The minimum atomic E-state index is 0.192. The summed E-state index contributed by atoms with van der Waals surface area (Å²) in [5.74, 6) is 1.58. The van der Waals surface area contributed by atoms with Crippen LogP contribution in [-0.2, 0) is 18.3 Å². The van der Waals surface area contributed by atoms with Crippen molar-refractivity contribution in [3.63, 3.8) is 0 Å². The Bertz CT molecular complexity index is 852. The molecule has 3 aromatic heterocycles. The Balaban J connectivity index is 1.54. The topological polar surface area (TPSA) is 56.4 Å². The predicted molar refractivity (Wildman–Crippen MR) is 96.5 cm³/mol. The highest BCUT2D eigenvalue weighted by Crippen LogP contribution is 2.29. The first-order chi connectivity index (χ1) is 12.2. The van der Waals surface area contributed by atoms with Crippen LogP contribution in [0.15, 0.2) is 36.9 Å². The lowest BCUT2D eigenvalue weighted by Gasteiger charge is -2.30. The highest BCUT2D eigenvalue weighted by molar-refractivity contribution is 6.30. The molecule has 1 atom stereocenters. The van der Waals surface area contributed by atoms with Crippen molar-refractivity contribution < 1.29 is 4.74 Å². The van der Waals surface area contributed by atoms with Crippen LogP contribution < -0.4 is 5.32 Å². The molecule has 0 unspecified atom stereocenters. The van der Waals surface area contributed by atoms with E-state index in [9.17, 15) is 0 Å². The Morgan fingerprint density at radius 2 is 2.16 bits per heavy atom. The average molecular weight is 360 g/mol. The largest absolute Gasteiger partial charge is 0.381 e. The Kier molecular flexibility index (Phi) is 4.74. The van der Waals surface area contributed by atoms with Crippen LogP contribution in [0.25, 0.3) is 5.65 Å².